The number of amides is 1. The van der Waals surface area contributed by atoms with E-state index in [-0.39, 0.29) is 11.9 Å². The highest BCUT2D eigenvalue weighted by Gasteiger charge is 2.11. The number of benzene rings is 1. The summed E-state index contributed by atoms with van der Waals surface area (Å²) >= 11 is 0. The predicted molar refractivity (Wildman–Crippen MR) is 93.1 cm³/mol. The first kappa shape index (κ1) is 15.9. The van der Waals surface area contributed by atoms with Crippen molar-refractivity contribution in [2.45, 2.75) is 25.8 Å². The SMILES string of the molecule is C[C@H](CCc1ccccc1)NC(=O)c1ccnc(-n2ccnc2)c1. The number of hydrogen-bond donors (Lipinski definition) is 1. The zero-order chi connectivity index (χ0) is 16.8. The summed E-state index contributed by atoms with van der Waals surface area (Å²) in [6, 6.07) is 13.9. The van der Waals surface area contributed by atoms with E-state index >= 15 is 0 Å². The molecule has 0 saturated carbocycles. The van der Waals surface area contributed by atoms with Gasteiger partial charge in [-0.1, -0.05) is 30.3 Å². The molecule has 1 aromatic carbocycles. The maximum atomic E-state index is 12.4. The Morgan fingerprint density at radius 3 is 2.79 bits per heavy atom. The Morgan fingerprint density at radius 2 is 2.04 bits per heavy atom. The number of aryl methyl sites for hydroxylation is 1. The fourth-order valence-corrected chi connectivity index (χ4v) is 2.50. The number of carbonyl (C=O) groups is 1. The number of carbonyl (C=O) groups excluding carboxylic acids is 1. The molecule has 0 aliphatic rings. The van der Waals surface area contributed by atoms with Crippen molar-refractivity contribution in [3.8, 4) is 5.82 Å². The van der Waals surface area contributed by atoms with E-state index in [4.69, 9.17) is 0 Å². The summed E-state index contributed by atoms with van der Waals surface area (Å²) in [6.07, 6.45) is 8.62. The number of nitrogens with one attached hydrogen (secondary N) is 1. The maximum absolute atomic E-state index is 12.4. The normalized spacial score (nSPS) is 11.9. The smallest absolute Gasteiger partial charge is 0.251 e. The van der Waals surface area contributed by atoms with Crippen molar-refractivity contribution in [2.24, 2.45) is 0 Å². The molecule has 0 unspecified atom stereocenters. The Kier molecular flexibility index (Phi) is 5.01. The van der Waals surface area contributed by atoms with Crippen molar-refractivity contribution in [3.63, 3.8) is 0 Å². The van der Waals surface area contributed by atoms with Crippen molar-refractivity contribution >= 4 is 5.91 Å². The largest absolute Gasteiger partial charge is 0.350 e. The van der Waals surface area contributed by atoms with Crippen LogP contribution in [0.5, 0.6) is 0 Å². The van der Waals surface area contributed by atoms with Crippen molar-refractivity contribution in [3.05, 3.63) is 78.5 Å². The van der Waals surface area contributed by atoms with Crippen LogP contribution in [0.25, 0.3) is 5.82 Å². The second-order valence-corrected chi connectivity index (χ2v) is 5.77. The minimum absolute atomic E-state index is 0.0840. The van der Waals surface area contributed by atoms with Gasteiger partial charge in [0.05, 0.1) is 0 Å². The summed E-state index contributed by atoms with van der Waals surface area (Å²) in [7, 11) is 0. The highest BCUT2D eigenvalue weighted by Crippen LogP contribution is 2.09. The van der Waals surface area contributed by atoms with Crippen LogP contribution in [0.2, 0.25) is 0 Å². The molecule has 3 aromatic rings. The minimum Gasteiger partial charge on any atom is -0.350 e. The number of imidazole rings is 1. The van der Waals surface area contributed by atoms with Crippen LogP contribution in [0.1, 0.15) is 29.3 Å². The van der Waals surface area contributed by atoms with Gasteiger partial charge in [-0.05, 0) is 37.5 Å². The Labute approximate surface area is 141 Å². The van der Waals surface area contributed by atoms with Crippen LogP contribution in [0.4, 0.5) is 0 Å². The number of rotatable bonds is 6. The van der Waals surface area contributed by atoms with Gasteiger partial charge in [0, 0.05) is 30.2 Å². The van der Waals surface area contributed by atoms with Crippen LogP contribution in [-0.2, 0) is 6.42 Å². The third-order valence-corrected chi connectivity index (χ3v) is 3.86. The molecule has 0 aliphatic carbocycles. The lowest BCUT2D eigenvalue weighted by atomic mass is 10.1. The molecular weight excluding hydrogens is 300 g/mol. The topological polar surface area (TPSA) is 59.8 Å². The summed E-state index contributed by atoms with van der Waals surface area (Å²) in [5.41, 5.74) is 1.88. The van der Waals surface area contributed by atoms with Gasteiger partial charge in [0.1, 0.15) is 12.1 Å². The lowest BCUT2D eigenvalue weighted by molar-refractivity contribution is 0.0938. The molecule has 0 saturated heterocycles. The third-order valence-electron chi connectivity index (χ3n) is 3.86. The number of nitrogens with zero attached hydrogens (tertiary/aromatic N) is 3. The third kappa shape index (κ3) is 4.07. The first-order valence-electron chi connectivity index (χ1n) is 8.01. The summed E-state index contributed by atoms with van der Waals surface area (Å²) in [5.74, 6) is 0.594. The van der Waals surface area contributed by atoms with Gasteiger partial charge in [0.2, 0.25) is 0 Å². The molecule has 1 N–H and O–H groups in total. The number of pyridine rings is 1. The van der Waals surface area contributed by atoms with Crippen LogP contribution >= 0.6 is 0 Å². The maximum Gasteiger partial charge on any atom is 0.251 e. The molecule has 2 heterocycles. The molecule has 122 valence electrons. The molecule has 0 radical (unpaired) electrons. The first-order chi connectivity index (χ1) is 11.7. The van der Waals surface area contributed by atoms with E-state index in [1.807, 2.05) is 25.1 Å². The summed E-state index contributed by atoms with van der Waals surface area (Å²) in [6.45, 7) is 2.03. The molecule has 0 spiro atoms. The minimum atomic E-state index is -0.0840. The van der Waals surface area contributed by atoms with E-state index in [2.05, 4.69) is 27.4 Å². The van der Waals surface area contributed by atoms with Gasteiger partial charge in [0.25, 0.3) is 5.91 Å². The van der Waals surface area contributed by atoms with Crippen LogP contribution in [0, 0.1) is 0 Å². The van der Waals surface area contributed by atoms with Crippen LogP contribution in [0.15, 0.2) is 67.4 Å². The second kappa shape index (κ2) is 7.55. The lowest BCUT2D eigenvalue weighted by Gasteiger charge is -2.14. The Hall–Kier alpha value is -2.95. The Morgan fingerprint density at radius 1 is 1.21 bits per heavy atom. The zero-order valence-corrected chi connectivity index (χ0v) is 13.6. The predicted octanol–water partition coefficient (Wildman–Crippen LogP) is 3.02. The van der Waals surface area contributed by atoms with Crippen molar-refractivity contribution in [1.82, 2.24) is 19.9 Å². The number of hydrogen-bond acceptors (Lipinski definition) is 3. The van der Waals surface area contributed by atoms with Gasteiger partial charge in [-0.15, -0.1) is 0 Å². The summed E-state index contributed by atoms with van der Waals surface area (Å²) < 4.78 is 1.77. The molecule has 0 fully saturated rings. The van der Waals surface area contributed by atoms with E-state index < -0.39 is 0 Å². The molecular formula is C19H20N4O. The van der Waals surface area contributed by atoms with Crippen LogP contribution < -0.4 is 5.32 Å². The molecule has 2 aromatic heterocycles. The monoisotopic (exact) mass is 320 g/mol. The standard InChI is InChI=1S/C19H20N4O/c1-15(7-8-16-5-3-2-4-6-16)22-19(24)17-9-10-21-18(13-17)23-12-11-20-14-23/h2-6,9-15H,7-8H2,1H3,(H,22,24)/t15-/m1/s1. The molecule has 0 bridgehead atoms. The van der Waals surface area contributed by atoms with Crippen LogP contribution in [-0.4, -0.2) is 26.5 Å². The van der Waals surface area contributed by atoms with Gasteiger partial charge in [-0.3, -0.25) is 9.36 Å². The van der Waals surface area contributed by atoms with Crippen molar-refractivity contribution in [1.29, 1.82) is 0 Å². The van der Waals surface area contributed by atoms with Gasteiger partial charge in [0.15, 0.2) is 0 Å². The molecule has 24 heavy (non-hydrogen) atoms. The summed E-state index contributed by atoms with van der Waals surface area (Å²) in [5, 5.41) is 3.05. The lowest BCUT2D eigenvalue weighted by Crippen LogP contribution is -2.33. The van der Waals surface area contributed by atoms with Gasteiger partial charge >= 0.3 is 0 Å². The molecule has 5 nitrogen and oxygen atoms in total. The van der Waals surface area contributed by atoms with Gasteiger partial charge in [-0.25, -0.2) is 9.97 Å². The van der Waals surface area contributed by atoms with E-state index in [9.17, 15) is 4.79 Å². The van der Waals surface area contributed by atoms with Gasteiger partial charge in [-0.2, -0.15) is 0 Å². The second-order valence-electron chi connectivity index (χ2n) is 5.77. The molecule has 1 amide bonds. The van der Waals surface area contributed by atoms with E-state index in [1.54, 1.807) is 41.6 Å². The van der Waals surface area contributed by atoms with E-state index in [1.165, 1.54) is 5.56 Å². The Balaban J connectivity index is 1.59. The first-order valence-corrected chi connectivity index (χ1v) is 8.01. The fourth-order valence-electron chi connectivity index (χ4n) is 2.50. The average molecular weight is 320 g/mol. The van der Waals surface area contributed by atoms with Crippen LogP contribution in [0.3, 0.4) is 0 Å². The molecule has 3 rings (SSSR count). The fraction of sp³-hybridized carbons (Fsp3) is 0.211. The van der Waals surface area contributed by atoms with Crippen molar-refractivity contribution < 1.29 is 4.79 Å². The molecule has 5 heteroatoms. The van der Waals surface area contributed by atoms with E-state index in [0.717, 1.165) is 12.8 Å². The quantitative estimate of drug-likeness (QED) is 0.759. The van der Waals surface area contributed by atoms with Crippen molar-refractivity contribution in [2.75, 3.05) is 0 Å². The van der Waals surface area contributed by atoms with Gasteiger partial charge < -0.3 is 5.32 Å². The highest BCUT2D eigenvalue weighted by molar-refractivity contribution is 5.94. The average Bonchev–Trinajstić information content (AvgIpc) is 3.16. The zero-order valence-electron chi connectivity index (χ0n) is 13.6. The molecule has 1 atom stereocenters. The highest BCUT2D eigenvalue weighted by atomic mass is 16.1. The molecule has 0 aliphatic heterocycles. The summed E-state index contributed by atoms with van der Waals surface area (Å²) in [4.78, 5) is 20.7. The van der Waals surface area contributed by atoms with E-state index in [0.29, 0.717) is 11.4 Å². The number of aromatic nitrogens is 3. The Bertz CT molecular complexity index is 784.